The van der Waals surface area contributed by atoms with E-state index < -0.39 is 42.1 Å². The summed E-state index contributed by atoms with van der Waals surface area (Å²) in [6.45, 7) is 2.27. The summed E-state index contributed by atoms with van der Waals surface area (Å²) >= 11 is 0. The van der Waals surface area contributed by atoms with Crippen LogP contribution in [0.5, 0.6) is 5.75 Å². The van der Waals surface area contributed by atoms with Crippen molar-refractivity contribution < 1.29 is 60.1 Å². The van der Waals surface area contributed by atoms with Crippen LogP contribution in [-0.2, 0) is 14.4 Å². The number of anilines is 1. The molecular formula is C28H30F7N5O6. The first kappa shape index (κ1) is 37.3. The molecule has 0 amide bonds. The summed E-state index contributed by atoms with van der Waals surface area (Å²) in [5, 5.41) is 30.2. The van der Waals surface area contributed by atoms with Gasteiger partial charge in [0.15, 0.2) is 11.6 Å². The first-order chi connectivity index (χ1) is 21.3. The number of nitrogen functional groups attached to an aromatic ring is 1. The molecule has 46 heavy (non-hydrogen) atoms. The van der Waals surface area contributed by atoms with Crippen LogP contribution in [0, 0.1) is 16.6 Å². The Balaban J connectivity index is 0.000000440. The zero-order valence-corrected chi connectivity index (χ0v) is 23.9. The molecule has 1 atom stereocenters. The minimum Gasteiger partial charge on any atom is -0.475 e. The maximum absolute atomic E-state index is 14.7. The van der Waals surface area contributed by atoms with Crippen molar-refractivity contribution in [3.63, 3.8) is 0 Å². The average Bonchev–Trinajstić information content (AvgIpc) is 3.53. The van der Waals surface area contributed by atoms with Gasteiger partial charge in [-0.25, -0.2) is 18.8 Å². The fraction of sp³-hybridized carbons (Fsp3) is 0.393. The molecule has 252 valence electrons. The van der Waals surface area contributed by atoms with E-state index >= 15 is 0 Å². The third-order valence-corrected chi connectivity index (χ3v) is 6.59. The number of benzene rings is 2. The molecular weight excluding hydrogens is 635 g/mol. The Hall–Kier alpha value is -4.90. The Labute approximate surface area is 257 Å². The summed E-state index contributed by atoms with van der Waals surface area (Å²) in [5.41, 5.74) is 7.46. The molecule has 4 rings (SSSR count). The van der Waals surface area contributed by atoms with Gasteiger partial charge >= 0.3 is 30.3 Å². The lowest BCUT2D eigenvalue weighted by molar-refractivity contribution is -0.193. The Morgan fingerprint density at radius 3 is 1.87 bits per heavy atom. The Kier molecular flexibility index (Phi) is 12.9. The monoisotopic (exact) mass is 665 g/mol. The number of hydrogen-bond donors (Lipinski definition) is 5. The van der Waals surface area contributed by atoms with Crippen LogP contribution < -0.4 is 15.4 Å². The lowest BCUT2D eigenvalue weighted by atomic mass is 10.0. The van der Waals surface area contributed by atoms with Crippen LogP contribution in [0.25, 0.3) is 0 Å². The lowest BCUT2D eigenvalue weighted by Crippen LogP contribution is -2.46. The number of halogens is 7. The molecule has 0 saturated carbocycles. The second-order valence-corrected chi connectivity index (χ2v) is 9.88. The number of nitrogens with one attached hydrogen (secondary N) is 2. The summed E-state index contributed by atoms with van der Waals surface area (Å²) < 4.78 is 83.7. The highest BCUT2D eigenvalue weighted by Gasteiger charge is 2.39. The number of aliphatic carboxylic acids is 2. The Morgan fingerprint density at radius 2 is 1.37 bits per heavy atom. The van der Waals surface area contributed by atoms with Crippen molar-refractivity contribution in [3.8, 4) is 5.75 Å². The highest BCUT2D eigenvalue weighted by Crippen LogP contribution is 2.28. The molecule has 2 saturated heterocycles. The number of esters is 1. The molecule has 0 unspecified atom stereocenters. The molecule has 0 aromatic heterocycles. The number of nitrogens with two attached hydrogens (primary N) is 1. The molecule has 0 radical (unpaired) electrons. The highest BCUT2D eigenvalue weighted by molar-refractivity contribution is 5.97. The van der Waals surface area contributed by atoms with E-state index in [1.165, 1.54) is 12.1 Å². The highest BCUT2D eigenvalue weighted by atomic mass is 19.4. The molecule has 2 aromatic rings. The SMILES string of the molecule is N=C(N)c1cccc(N2CCCC[C@@H]2C(=O)Oc2ccc(C(=N)N3CCCC3)cc2F)c1.O=C(O)C(F)(F)F.O=C(O)C(F)(F)F. The fourth-order valence-corrected chi connectivity index (χ4v) is 4.37. The zero-order valence-electron chi connectivity index (χ0n) is 23.9. The third kappa shape index (κ3) is 10.9. The van der Waals surface area contributed by atoms with E-state index in [1.54, 1.807) is 24.3 Å². The van der Waals surface area contributed by atoms with Crippen LogP contribution in [0.2, 0.25) is 0 Å². The van der Waals surface area contributed by atoms with Gasteiger partial charge in [0.05, 0.1) is 0 Å². The van der Waals surface area contributed by atoms with E-state index in [-0.39, 0.29) is 11.6 Å². The zero-order chi connectivity index (χ0) is 34.8. The van der Waals surface area contributed by atoms with Crippen LogP contribution in [-0.4, -0.2) is 82.7 Å². The molecule has 2 fully saturated rings. The van der Waals surface area contributed by atoms with E-state index in [0.717, 1.165) is 44.5 Å². The van der Waals surface area contributed by atoms with Crippen LogP contribution >= 0.6 is 0 Å². The van der Waals surface area contributed by atoms with Gasteiger partial charge < -0.3 is 30.5 Å². The Bertz CT molecular complexity index is 1400. The van der Waals surface area contributed by atoms with E-state index in [9.17, 15) is 35.5 Å². The summed E-state index contributed by atoms with van der Waals surface area (Å²) in [6, 6.07) is 11.0. The number of piperidine rings is 1. The predicted molar refractivity (Wildman–Crippen MR) is 149 cm³/mol. The molecule has 11 nitrogen and oxygen atoms in total. The van der Waals surface area contributed by atoms with Crippen molar-refractivity contribution in [1.29, 1.82) is 10.8 Å². The molecule has 2 aliphatic heterocycles. The number of nitrogens with zero attached hydrogens (tertiary/aromatic N) is 2. The average molecular weight is 666 g/mol. The van der Waals surface area contributed by atoms with E-state index in [1.807, 2.05) is 15.9 Å². The van der Waals surface area contributed by atoms with Gasteiger partial charge in [-0.15, -0.1) is 0 Å². The van der Waals surface area contributed by atoms with E-state index in [2.05, 4.69) is 0 Å². The van der Waals surface area contributed by atoms with Gasteiger partial charge in [0.1, 0.15) is 17.7 Å². The largest absolute Gasteiger partial charge is 0.490 e. The topological polar surface area (TPSA) is 181 Å². The van der Waals surface area contributed by atoms with Gasteiger partial charge in [-0.2, -0.15) is 26.3 Å². The Morgan fingerprint density at radius 1 is 0.826 bits per heavy atom. The molecule has 0 aliphatic carbocycles. The minimum atomic E-state index is -5.08. The van der Waals surface area contributed by atoms with Crippen LogP contribution in [0.3, 0.4) is 0 Å². The van der Waals surface area contributed by atoms with Crippen LogP contribution in [0.15, 0.2) is 42.5 Å². The van der Waals surface area contributed by atoms with Gasteiger partial charge in [-0.3, -0.25) is 10.8 Å². The standard InChI is InChI=1S/C24H28FN5O2.2C2HF3O2/c25-19-15-17(23(28)29-11-3-4-12-29)9-10-21(19)32-24(31)20-8-1-2-13-30(20)18-7-5-6-16(14-18)22(26)27;2*3-2(4,5)1(6)7/h5-7,9-10,14-15,20,28H,1-4,8,11-13H2,(H3,26,27);2*(H,6,7)/t20-;;/m1../s1. The summed E-state index contributed by atoms with van der Waals surface area (Å²) in [5.74, 6) is -6.55. The quantitative estimate of drug-likeness (QED) is 0.0989. The fourth-order valence-electron chi connectivity index (χ4n) is 4.37. The lowest BCUT2D eigenvalue weighted by Gasteiger charge is -2.36. The minimum absolute atomic E-state index is 0.0374. The molecule has 2 aromatic carbocycles. The molecule has 2 heterocycles. The molecule has 18 heteroatoms. The maximum Gasteiger partial charge on any atom is 0.490 e. The van der Waals surface area contributed by atoms with Crippen molar-refractivity contribution in [2.45, 2.75) is 50.5 Å². The second-order valence-electron chi connectivity index (χ2n) is 9.88. The molecule has 0 spiro atoms. The first-order valence-electron chi connectivity index (χ1n) is 13.5. The second kappa shape index (κ2) is 15.9. The van der Waals surface area contributed by atoms with Gasteiger partial charge in [0.2, 0.25) is 0 Å². The number of alkyl halides is 6. The van der Waals surface area contributed by atoms with Gasteiger partial charge in [-0.05, 0) is 62.4 Å². The molecule has 6 N–H and O–H groups in total. The first-order valence-corrected chi connectivity index (χ1v) is 13.5. The molecule has 0 bridgehead atoms. The van der Waals surface area contributed by atoms with E-state index in [0.29, 0.717) is 29.9 Å². The van der Waals surface area contributed by atoms with Crippen molar-refractivity contribution >= 4 is 35.3 Å². The van der Waals surface area contributed by atoms with Crippen LogP contribution in [0.4, 0.5) is 36.4 Å². The smallest absolute Gasteiger partial charge is 0.475 e. The number of hydrogen-bond acceptors (Lipinski definition) is 7. The van der Waals surface area contributed by atoms with Crippen molar-refractivity contribution in [3.05, 3.63) is 59.4 Å². The van der Waals surface area contributed by atoms with Crippen molar-refractivity contribution in [1.82, 2.24) is 4.90 Å². The summed E-state index contributed by atoms with van der Waals surface area (Å²) in [6.07, 6.45) is -5.70. The number of ether oxygens (including phenoxy) is 1. The number of likely N-dealkylation sites (tertiary alicyclic amines) is 1. The number of carboxylic acid groups (broad SMARTS) is 2. The van der Waals surface area contributed by atoms with Gasteiger partial charge in [0.25, 0.3) is 0 Å². The summed E-state index contributed by atoms with van der Waals surface area (Å²) in [7, 11) is 0. The number of amidine groups is 2. The third-order valence-electron chi connectivity index (χ3n) is 6.59. The van der Waals surface area contributed by atoms with Gasteiger partial charge in [-0.1, -0.05) is 12.1 Å². The van der Waals surface area contributed by atoms with Crippen molar-refractivity contribution in [2.24, 2.45) is 5.73 Å². The van der Waals surface area contributed by atoms with Gasteiger partial charge in [0, 0.05) is 36.4 Å². The summed E-state index contributed by atoms with van der Waals surface area (Å²) in [4.78, 5) is 34.7. The predicted octanol–water partition coefficient (Wildman–Crippen LogP) is 4.76. The maximum atomic E-state index is 14.7. The normalized spacial score (nSPS) is 16.3. The number of carbonyl (C=O) groups excluding carboxylic acids is 1. The number of carbonyl (C=O) groups is 3. The number of carboxylic acids is 2. The molecule has 2 aliphatic rings. The van der Waals surface area contributed by atoms with Crippen molar-refractivity contribution in [2.75, 3.05) is 24.5 Å². The van der Waals surface area contributed by atoms with E-state index in [4.69, 9.17) is 41.1 Å². The number of rotatable bonds is 5. The van der Waals surface area contributed by atoms with Crippen LogP contribution in [0.1, 0.15) is 43.2 Å².